The molecule has 0 bridgehead atoms. The second-order valence-electron chi connectivity index (χ2n) is 9.19. The molecule has 0 saturated heterocycles. The second kappa shape index (κ2) is 7.81. The van der Waals surface area contributed by atoms with Crippen LogP contribution in [0.4, 0.5) is 10.5 Å². The number of nitrogens with two attached hydrogens (primary N) is 1. The first-order chi connectivity index (χ1) is 14.4. The van der Waals surface area contributed by atoms with Crippen molar-refractivity contribution in [3.05, 3.63) is 58.7 Å². The maximum atomic E-state index is 13.3. The van der Waals surface area contributed by atoms with E-state index in [1.165, 1.54) is 0 Å². The average Bonchev–Trinajstić information content (AvgIpc) is 2.88. The summed E-state index contributed by atoms with van der Waals surface area (Å²) < 4.78 is 5.11. The minimum Gasteiger partial charge on any atom is -0.410 e. The Bertz CT molecular complexity index is 1070. The average molecular weight is 424 g/mol. The van der Waals surface area contributed by atoms with E-state index in [0.717, 1.165) is 11.3 Å². The minimum absolute atomic E-state index is 0.0301. The van der Waals surface area contributed by atoms with Crippen LogP contribution in [-0.2, 0) is 22.2 Å². The van der Waals surface area contributed by atoms with Gasteiger partial charge in [0.25, 0.3) is 0 Å². The van der Waals surface area contributed by atoms with Crippen LogP contribution in [0.2, 0.25) is 0 Å². The highest BCUT2D eigenvalue weighted by atomic mass is 16.5. The Hall–Kier alpha value is -3.19. The van der Waals surface area contributed by atoms with E-state index in [-0.39, 0.29) is 24.7 Å². The molecule has 2 aromatic rings. The lowest BCUT2D eigenvalue weighted by Gasteiger charge is -2.25. The molecule has 31 heavy (non-hydrogen) atoms. The number of aliphatic hydroxyl groups excluding tert-OH is 1. The number of hydrogen-bond acceptors (Lipinski definition) is 5. The van der Waals surface area contributed by atoms with Crippen LogP contribution in [-0.4, -0.2) is 29.9 Å². The van der Waals surface area contributed by atoms with Gasteiger partial charge in [-0.15, -0.1) is 0 Å². The predicted octanol–water partition coefficient (Wildman–Crippen LogP) is 3.44. The Kier molecular flexibility index (Phi) is 5.67. The number of amides is 2. The molecule has 0 saturated carbocycles. The number of anilines is 1. The van der Waals surface area contributed by atoms with Crippen molar-refractivity contribution in [1.29, 1.82) is 0 Å². The Morgan fingerprint density at radius 1 is 1.16 bits per heavy atom. The number of hydrogen-bond donors (Lipinski definition) is 2. The number of likely N-dealkylation sites (N-methyl/N-ethyl adjacent to an activating group) is 1. The number of ether oxygens (including phenoxy) is 1. The third-order valence-electron chi connectivity index (χ3n) is 5.81. The third-order valence-corrected chi connectivity index (χ3v) is 5.81. The van der Waals surface area contributed by atoms with Crippen molar-refractivity contribution in [2.75, 3.05) is 11.9 Å². The summed E-state index contributed by atoms with van der Waals surface area (Å²) in [6, 6.07) is 10.2. The van der Waals surface area contributed by atoms with Crippen LogP contribution >= 0.6 is 0 Å². The molecule has 0 fully saturated rings. The summed E-state index contributed by atoms with van der Waals surface area (Å²) in [6.45, 7) is 7.42. The summed E-state index contributed by atoms with van der Waals surface area (Å²) in [7, 11) is 1.68. The zero-order chi connectivity index (χ0) is 23.1. The Balaban J connectivity index is 2.00. The van der Waals surface area contributed by atoms with Gasteiger partial charge in [0.05, 0.1) is 12.0 Å². The summed E-state index contributed by atoms with van der Waals surface area (Å²) in [4.78, 5) is 39.2. The van der Waals surface area contributed by atoms with Crippen LogP contribution < -0.4 is 15.4 Å². The van der Waals surface area contributed by atoms with Gasteiger partial charge < -0.3 is 20.5 Å². The normalized spacial score (nSPS) is 18.1. The topological polar surface area (TPSA) is 110 Å². The van der Waals surface area contributed by atoms with Gasteiger partial charge in [0.2, 0.25) is 5.91 Å². The van der Waals surface area contributed by atoms with Crippen LogP contribution in [0.3, 0.4) is 0 Å². The molecule has 1 aliphatic rings. The summed E-state index contributed by atoms with van der Waals surface area (Å²) >= 11 is 0. The lowest BCUT2D eigenvalue weighted by atomic mass is 9.77. The molecule has 1 unspecified atom stereocenters. The Morgan fingerprint density at radius 2 is 1.84 bits per heavy atom. The van der Waals surface area contributed by atoms with Crippen LogP contribution in [0.5, 0.6) is 5.75 Å². The van der Waals surface area contributed by atoms with E-state index in [1.54, 1.807) is 55.3 Å². The molecular formula is C24H28N2O5. The van der Waals surface area contributed by atoms with Gasteiger partial charge in [0.1, 0.15) is 5.75 Å². The summed E-state index contributed by atoms with van der Waals surface area (Å²) in [6.07, 6.45) is -0.953. The fourth-order valence-corrected chi connectivity index (χ4v) is 4.09. The van der Waals surface area contributed by atoms with Crippen LogP contribution in [0.25, 0.3) is 0 Å². The molecule has 0 aromatic heterocycles. The first-order valence-electron chi connectivity index (χ1n) is 10.1. The first-order valence-corrected chi connectivity index (χ1v) is 10.1. The molecule has 7 nitrogen and oxygen atoms in total. The fraction of sp³-hybridized carbons (Fsp3) is 0.375. The number of fused-ring (bicyclic) bond motifs is 1. The third kappa shape index (κ3) is 4.05. The molecule has 2 aromatic carbocycles. The SMILES string of the molecule is CN1C(=O)C(C)(CC(=O)c2ccc(OC(N)=O)c(C(C)(C)C)c2)c2cc(CO)ccc21. The van der Waals surface area contributed by atoms with E-state index < -0.39 is 16.9 Å². The maximum Gasteiger partial charge on any atom is 0.409 e. The van der Waals surface area contributed by atoms with Gasteiger partial charge in [0, 0.05) is 30.3 Å². The zero-order valence-electron chi connectivity index (χ0n) is 18.5. The lowest BCUT2D eigenvalue weighted by Crippen LogP contribution is -2.38. The van der Waals surface area contributed by atoms with Gasteiger partial charge in [0.15, 0.2) is 5.78 Å². The molecule has 1 aliphatic heterocycles. The molecule has 1 heterocycles. The molecule has 2 amide bonds. The molecule has 164 valence electrons. The molecule has 0 radical (unpaired) electrons. The van der Waals surface area contributed by atoms with Crippen molar-refractivity contribution in [1.82, 2.24) is 0 Å². The molecular weight excluding hydrogens is 396 g/mol. The van der Waals surface area contributed by atoms with Crippen LogP contribution in [0.1, 0.15) is 61.2 Å². The van der Waals surface area contributed by atoms with E-state index in [0.29, 0.717) is 22.4 Å². The number of carbonyl (C=O) groups excluding carboxylic acids is 3. The van der Waals surface area contributed by atoms with Crippen molar-refractivity contribution in [3.8, 4) is 5.75 Å². The first kappa shape index (κ1) is 22.5. The molecule has 0 aliphatic carbocycles. The van der Waals surface area contributed by atoms with Crippen LogP contribution in [0.15, 0.2) is 36.4 Å². The smallest absolute Gasteiger partial charge is 0.409 e. The highest BCUT2D eigenvalue weighted by Crippen LogP contribution is 2.44. The fourth-order valence-electron chi connectivity index (χ4n) is 4.09. The largest absolute Gasteiger partial charge is 0.410 e. The van der Waals surface area contributed by atoms with Crippen molar-refractivity contribution in [3.63, 3.8) is 0 Å². The van der Waals surface area contributed by atoms with Gasteiger partial charge in [-0.25, -0.2) is 4.79 Å². The van der Waals surface area contributed by atoms with Gasteiger partial charge in [-0.05, 0) is 47.7 Å². The zero-order valence-corrected chi connectivity index (χ0v) is 18.5. The standard InChI is InChI=1S/C24H28N2O5/c1-23(2,3)17-11-15(7-9-20(17)31-22(25)30)19(28)12-24(4)16-10-14(13-27)6-8-18(16)26(5)21(24)29/h6-11,27H,12-13H2,1-5H3,(H2,25,30). The van der Waals surface area contributed by atoms with E-state index in [1.807, 2.05) is 20.8 Å². The van der Waals surface area contributed by atoms with E-state index in [4.69, 9.17) is 10.5 Å². The van der Waals surface area contributed by atoms with Crippen molar-refractivity contribution in [2.45, 2.75) is 51.6 Å². The number of nitrogens with zero attached hydrogens (tertiary/aromatic N) is 1. The minimum atomic E-state index is -1.05. The Labute approximate surface area is 181 Å². The summed E-state index contributed by atoms with van der Waals surface area (Å²) in [5.74, 6) is -0.0735. The number of aliphatic hydroxyl groups is 1. The summed E-state index contributed by atoms with van der Waals surface area (Å²) in [5, 5.41) is 9.52. The van der Waals surface area contributed by atoms with E-state index in [9.17, 15) is 19.5 Å². The van der Waals surface area contributed by atoms with Crippen LogP contribution in [0, 0.1) is 0 Å². The van der Waals surface area contributed by atoms with Gasteiger partial charge in [-0.1, -0.05) is 32.9 Å². The molecule has 0 spiro atoms. The van der Waals surface area contributed by atoms with Crippen molar-refractivity contribution >= 4 is 23.5 Å². The maximum absolute atomic E-state index is 13.3. The van der Waals surface area contributed by atoms with Gasteiger partial charge in [-0.2, -0.15) is 0 Å². The number of ketones is 1. The number of carbonyl (C=O) groups is 3. The number of Topliss-reactive ketones (excluding diaryl/α,β-unsaturated/α-hetero) is 1. The van der Waals surface area contributed by atoms with Gasteiger partial charge in [-0.3, -0.25) is 9.59 Å². The quantitative estimate of drug-likeness (QED) is 0.715. The lowest BCUT2D eigenvalue weighted by molar-refractivity contribution is -0.122. The van der Waals surface area contributed by atoms with Gasteiger partial charge >= 0.3 is 6.09 Å². The molecule has 3 rings (SSSR count). The van der Waals surface area contributed by atoms with E-state index >= 15 is 0 Å². The van der Waals surface area contributed by atoms with Crippen molar-refractivity contribution in [2.24, 2.45) is 5.73 Å². The number of rotatable bonds is 5. The number of benzene rings is 2. The van der Waals surface area contributed by atoms with Crippen molar-refractivity contribution < 1.29 is 24.2 Å². The number of primary amides is 1. The monoisotopic (exact) mass is 424 g/mol. The highest BCUT2D eigenvalue weighted by Gasteiger charge is 2.47. The second-order valence-corrected chi connectivity index (χ2v) is 9.19. The Morgan fingerprint density at radius 3 is 2.42 bits per heavy atom. The van der Waals surface area contributed by atoms with E-state index in [2.05, 4.69) is 0 Å². The molecule has 7 heteroatoms. The molecule has 1 atom stereocenters. The predicted molar refractivity (Wildman–Crippen MR) is 117 cm³/mol. The summed E-state index contributed by atoms with van der Waals surface area (Å²) in [5.41, 5.74) is 6.95. The molecule has 3 N–H and O–H groups in total. The highest BCUT2D eigenvalue weighted by molar-refractivity contribution is 6.11.